The molecule has 0 aliphatic rings. The Labute approximate surface area is 96.5 Å². The van der Waals surface area contributed by atoms with Crippen LogP contribution in [0.2, 0.25) is 0 Å². The molecule has 1 heterocycles. The van der Waals surface area contributed by atoms with E-state index in [9.17, 15) is 13.2 Å². The van der Waals surface area contributed by atoms with Crippen LogP contribution in [0.5, 0.6) is 0 Å². The Morgan fingerprint density at radius 3 is 2.47 bits per heavy atom. The molecular formula is C13H11F3O. The summed E-state index contributed by atoms with van der Waals surface area (Å²) in [5, 5.41) is 0.484. The van der Waals surface area contributed by atoms with Crippen LogP contribution in [-0.2, 0) is 6.18 Å². The second kappa shape index (κ2) is 3.65. The van der Waals surface area contributed by atoms with Gasteiger partial charge in [0.15, 0.2) is 0 Å². The van der Waals surface area contributed by atoms with Crippen molar-refractivity contribution in [2.45, 2.75) is 20.0 Å². The van der Waals surface area contributed by atoms with E-state index in [4.69, 9.17) is 4.42 Å². The molecule has 0 aliphatic heterocycles. The van der Waals surface area contributed by atoms with Crippen LogP contribution >= 0.6 is 0 Å². The molecule has 0 spiro atoms. The van der Waals surface area contributed by atoms with E-state index in [0.29, 0.717) is 27.9 Å². The molecule has 1 aromatic carbocycles. The molecule has 0 fully saturated rings. The predicted molar refractivity (Wildman–Crippen MR) is 60.7 cm³/mol. The summed E-state index contributed by atoms with van der Waals surface area (Å²) in [6.07, 6.45) is -4.33. The van der Waals surface area contributed by atoms with Gasteiger partial charge in [0.25, 0.3) is 0 Å². The molecule has 1 nitrogen and oxygen atoms in total. The van der Waals surface area contributed by atoms with Gasteiger partial charge in [0.2, 0.25) is 0 Å². The summed E-state index contributed by atoms with van der Waals surface area (Å²) in [4.78, 5) is 0. The van der Waals surface area contributed by atoms with Gasteiger partial charge in [-0.2, -0.15) is 13.2 Å². The SMILES string of the molecule is C=C(C)c1oc2ccc(C(F)(F)F)cc2c1C. The molecule has 0 radical (unpaired) electrons. The van der Waals surface area contributed by atoms with Crippen molar-refractivity contribution in [3.8, 4) is 0 Å². The molecule has 2 rings (SSSR count). The minimum atomic E-state index is -4.33. The van der Waals surface area contributed by atoms with Gasteiger partial charge in [-0.15, -0.1) is 0 Å². The predicted octanol–water partition coefficient (Wildman–Crippen LogP) is 4.79. The minimum Gasteiger partial charge on any atom is -0.456 e. The molecule has 0 bridgehead atoms. The Balaban J connectivity index is 2.70. The number of hydrogen-bond acceptors (Lipinski definition) is 1. The maximum absolute atomic E-state index is 12.6. The quantitative estimate of drug-likeness (QED) is 0.698. The van der Waals surface area contributed by atoms with E-state index >= 15 is 0 Å². The zero-order chi connectivity index (χ0) is 12.8. The first-order chi connectivity index (χ1) is 7.80. The monoisotopic (exact) mass is 240 g/mol. The lowest BCUT2D eigenvalue weighted by atomic mass is 10.1. The molecule has 90 valence electrons. The van der Waals surface area contributed by atoms with Crippen molar-refractivity contribution in [1.29, 1.82) is 0 Å². The highest BCUT2D eigenvalue weighted by Gasteiger charge is 2.31. The number of furan rings is 1. The number of fused-ring (bicyclic) bond motifs is 1. The second-order valence-electron chi connectivity index (χ2n) is 4.05. The van der Waals surface area contributed by atoms with Gasteiger partial charge < -0.3 is 4.42 Å². The molecule has 0 atom stereocenters. The lowest BCUT2D eigenvalue weighted by molar-refractivity contribution is -0.137. The van der Waals surface area contributed by atoms with Gasteiger partial charge in [0, 0.05) is 10.9 Å². The van der Waals surface area contributed by atoms with Gasteiger partial charge in [-0.3, -0.25) is 0 Å². The molecule has 0 saturated heterocycles. The highest BCUT2D eigenvalue weighted by atomic mass is 19.4. The molecule has 1 aromatic heterocycles. The third kappa shape index (κ3) is 1.95. The lowest BCUT2D eigenvalue weighted by Gasteiger charge is -2.05. The normalized spacial score (nSPS) is 12.1. The van der Waals surface area contributed by atoms with Crippen molar-refractivity contribution < 1.29 is 17.6 Å². The smallest absolute Gasteiger partial charge is 0.416 e. The zero-order valence-corrected chi connectivity index (χ0v) is 9.48. The van der Waals surface area contributed by atoms with E-state index in [2.05, 4.69) is 6.58 Å². The molecule has 4 heteroatoms. The summed E-state index contributed by atoms with van der Waals surface area (Å²) in [5.41, 5.74) is 1.18. The molecule has 0 unspecified atom stereocenters. The molecular weight excluding hydrogens is 229 g/mol. The Morgan fingerprint density at radius 1 is 1.29 bits per heavy atom. The second-order valence-corrected chi connectivity index (χ2v) is 4.05. The topological polar surface area (TPSA) is 13.1 Å². The van der Waals surface area contributed by atoms with Gasteiger partial charge in [-0.25, -0.2) is 0 Å². The van der Waals surface area contributed by atoms with Crippen LogP contribution in [0.4, 0.5) is 13.2 Å². The maximum atomic E-state index is 12.6. The molecule has 0 aliphatic carbocycles. The number of hydrogen-bond donors (Lipinski definition) is 0. The van der Waals surface area contributed by atoms with Crippen LogP contribution in [-0.4, -0.2) is 0 Å². The van der Waals surface area contributed by atoms with Crippen molar-refractivity contribution in [3.05, 3.63) is 41.7 Å². The van der Waals surface area contributed by atoms with Crippen LogP contribution < -0.4 is 0 Å². The van der Waals surface area contributed by atoms with Gasteiger partial charge in [-0.1, -0.05) is 6.58 Å². The molecule has 17 heavy (non-hydrogen) atoms. The van der Waals surface area contributed by atoms with Gasteiger partial charge >= 0.3 is 6.18 Å². The zero-order valence-electron chi connectivity index (χ0n) is 9.48. The standard InChI is InChI=1S/C13H11F3O/c1-7(2)12-8(3)10-6-9(13(14,15)16)4-5-11(10)17-12/h4-6H,1H2,2-3H3. The number of benzene rings is 1. The third-order valence-electron chi connectivity index (χ3n) is 2.65. The highest BCUT2D eigenvalue weighted by molar-refractivity contribution is 5.86. The number of halogens is 3. The summed E-state index contributed by atoms with van der Waals surface area (Å²) in [6.45, 7) is 7.23. The summed E-state index contributed by atoms with van der Waals surface area (Å²) in [5.74, 6) is 0.555. The fraction of sp³-hybridized carbons (Fsp3) is 0.231. The van der Waals surface area contributed by atoms with Gasteiger partial charge in [0.1, 0.15) is 11.3 Å². The van der Waals surface area contributed by atoms with Crippen LogP contribution in [0.1, 0.15) is 23.8 Å². The molecule has 0 N–H and O–H groups in total. The van der Waals surface area contributed by atoms with Crippen molar-refractivity contribution >= 4 is 16.5 Å². The Kier molecular flexibility index (Phi) is 2.53. The van der Waals surface area contributed by atoms with E-state index in [0.717, 1.165) is 12.1 Å². The van der Waals surface area contributed by atoms with Crippen LogP contribution in [0.3, 0.4) is 0 Å². The molecule has 0 amide bonds. The lowest BCUT2D eigenvalue weighted by Crippen LogP contribution is -2.03. The summed E-state index contributed by atoms with van der Waals surface area (Å²) in [7, 11) is 0. The molecule has 0 saturated carbocycles. The Morgan fingerprint density at radius 2 is 1.94 bits per heavy atom. The van der Waals surface area contributed by atoms with Crippen molar-refractivity contribution in [1.82, 2.24) is 0 Å². The van der Waals surface area contributed by atoms with E-state index in [1.54, 1.807) is 13.8 Å². The van der Waals surface area contributed by atoms with Gasteiger partial charge in [-0.05, 0) is 37.6 Å². The number of aryl methyl sites for hydroxylation is 1. The number of rotatable bonds is 1. The Bertz CT molecular complexity index is 590. The van der Waals surface area contributed by atoms with Crippen LogP contribution in [0, 0.1) is 6.92 Å². The molecule has 2 aromatic rings. The summed E-state index contributed by atoms with van der Waals surface area (Å²) >= 11 is 0. The first-order valence-electron chi connectivity index (χ1n) is 5.07. The van der Waals surface area contributed by atoms with Crippen LogP contribution in [0.25, 0.3) is 16.5 Å². The average Bonchev–Trinajstić information content (AvgIpc) is 2.54. The van der Waals surface area contributed by atoms with Crippen molar-refractivity contribution in [2.75, 3.05) is 0 Å². The summed E-state index contributed by atoms with van der Waals surface area (Å²) < 4.78 is 43.2. The average molecular weight is 240 g/mol. The van der Waals surface area contributed by atoms with Crippen LogP contribution in [0.15, 0.2) is 29.2 Å². The first kappa shape index (κ1) is 11.8. The van der Waals surface area contributed by atoms with E-state index in [1.165, 1.54) is 6.07 Å². The van der Waals surface area contributed by atoms with Crippen molar-refractivity contribution in [2.24, 2.45) is 0 Å². The highest BCUT2D eigenvalue weighted by Crippen LogP contribution is 2.35. The number of allylic oxidation sites excluding steroid dienone is 1. The van der Waals surface area contributed by atoms with E-state index < -0.39 is 11.7 Å². The van der Waals surface area contributed by atoms with E-state index in [-0.39, 0.29) is 0 Å². The van der Waals surface area contributed by atoms with E-state index in [1.807, 2.05) is 0 Å². The maximum Gasteiger partial charge on any atom is 0.416 e. The van der Waals surface area contributed by atoms with Gasteiger partial charge in [0.05, 0.1) is 5.56 Å². The minimum absolute atomic E-state index is 0.452. The van der Waals surface area contributed by atoms with Crippen molar-refractivity contribution in [3.63, 3.8) is 0 Å². The Hall–Kier alpha value is -1.71. The fourth-order valence-corrected chi connectivity index (χ4v) is 1.80. The fourth-order valence-electron chi connectivity index (χ4n) is 1.80. The first-order valence-corrected chi connectivity index (χ1v) is 5.07. The number of alkyl halides is 3. The third-order valence-corrected chi connectivity index (χ3v) is 2.65. The largest absolute Gasteiger partial charge is 0.456 e. The summed E-state index contributed by atoms with van der Waals surface area (Å²) in [6, 6.07) is 3.48.